The SMILES string of the molecule is COc1ccc([C@@H]2C3=C(C[C@H](c4cccs4)CC3=O)Nc3ccccc3N2C(=O)Nc2ccc(Cl)c(Cl)c2)cc1. The number of rotatable bonds is 4. The van der Waals surface area contributed by atoms with E-state index in [9.17, 15) is 9.59 Å². The van der Waals surface area contributed by atoms with E-state index >= 15 is 0 Å². The number of urea groups is 1. The van der Waals surface area contributed by atoms with Crippen molar-refractivity contribution >= 4 is 63.4 Å². The Hall–Kier alpha value is -3.78. The molecule has 0 bridgehead atoms. The van der Waals surface area contributed by atoms with Crippen molar-refractivity contribution in [2.45, 2.75) is 24.8 Å². The minimum absolute atomic E-state index is 0.00751. The summed E-state index contributed by atoms with van der Waals surface area (Å²) in [5.74, 6) is 0.761. The molecule has 40 heavy (non-hydrogen) atoms. The van der Waals surface area contributed by atoms with Crippen LogP contribution in [0, 0.1) is 0 Å². The van der Waals surface area contributed by atoms with Gasteiger partial charge in [0, 0.05) is 34.2 Å². The minimum atomic E-state index is -0.684. The summed E-state index contributed by atoms with van der Waals surface area (Å²) in [4.78, 5) is 31.0. The summed E-state index contributed by atoms with van der Waals surface area (Å²) < 4.78 is 5.39. The topological polar surface area (TPSA) is 70.7 Å². The van der Waals surface area contributed by atoms with Gasteiger partial charge in [-0.15, -0.1) is 11.3 Å². The van der Waals surface area contributed by atoms with E-state index < -0.39 is 12.1 Å². The molecule has 9 heteroatoms. The Morgan fingerprint density at radius 2 is 1.80 bits per heavy atom. The lowest BCUT2D eigenvalue weighted by Gasteiger charge is -2.35. The van der Waals surface area contributed by atoms with E-state index in [1.807, 2.05) is 60.0 Å². The molecule has 0 unspecified atom stereocenters. The van der Waals surface area contributed by atoms with Crippen LogP contribution in [0.25, 0.3) is 0 Å². The van der Waals surface area contributed by atoms with Crippen molar-refractivity contribution in [3.8, 4) is 5.75 Å². The summed E-state index contributed by atoms with van der Waals surface area (Å²) in [6.07, 6.45) is 1.02. The number of carbonyl (C=O) groups is 2. The number of Topliss-reactive ketones (excluding diaryl/α,β-unsaturated/α-hetero) is 1. The smallest absolute Gasteiger partial charge is 0.327 e. The molecule has 2 heterocycles. The van der Waals surface area contributed by atoms with E-state index in [0.29, 0.717) is 45.6 Å². The van der Waals surface area contributed by atoms with Gasteiger partial charge in [0.05, 0.1) is 34.6 Å². The lowest BCUT2D eigenvalue weighted by molar-refractivity contribution is -0.116. The van der Waals surface area contributed by atoms with Gasteiger partial charge in [0.25, 0.3) is 0 Å². The second-order valence-corrected chi connectivity index (χ2v) is 11.5. The molecular formula is C31H25Cl2N3O3S. The number of hydrogen-bond donors (Lipinski definition) is 2. The summed E-state index contributed by atoms with van der Waals surface area (Å²) in [5.41, 5.74) is 4.08. The van der Waals surface area contributed by atoms with Gasteiger partial charge in [-0.25, -0.2) is 4.79 Å². The molecule has 2 atom stereocenters. The number of ketones is 1. The van der Waals surface area contributed by atoms with Crippen molar-refractivity contribution in [3.63, 3.8) is 0 Å². The van der Waals surface area contributed by atoms with E-state index in [0.717, 1.165) is 16.9 Å². The first-order chi connectivity index (χ1) is 19.4. The van der Waals surface area contributed by atoms with E-state index in [1.165, 1.54) is 4.88 Å². The number of thiophene rings is 1. The summed E-state index contributed by atoms with van der Waals surface area (Å²) in [7, 11) is 1.60. The molecule has 0 radical (unpaired) electrons. The fraction of sp³-hybridized carbons (Fsp3) is 0.161. The molecule has 202 valence electrons. The molecule has 0 saturated carbocycles. The minimum Gasteiger partial charge on any atom is -0.497 e. The third kappa shape index (κ3) is 4.96. The van der Waals surface area contributed by atoms with E-state index in [1.54, 1.807) is 41.5 Å². The van der Waals surface area contributed by atoms with E-state index in [4.69, 9.17) is 27.9 Å². The molecule has 1 aliphatic heterocycles. The molecule has 3 aromatic carbocycles. The highest BCUT2D eigenvalue weighted by molar-refractivity contribution is 7.10. The Morgan fingerprint density at radius 1 is 1.00 bits per heavy atom. The van der Waals surface area contributed by atoms with Crippen LogP contribution >= 0.6 is 34.5 Å². The highest BCUT2D eigenvalue weighted by atomic mass is 35.5. The van der Waals surface area contributed by atoms with Crippen molar-refractivity contribution in [2.24, 2.45) is 0 Å². The molecule has 4 aromatic rings. The number of benzene rings is 3. The van der Waals surface area contributed by atoms with Crippen LogP contribution in [0.4, 0.5) is 21.9 Å². The first kappa shape index (κ1) is 26.4. The van der Waals surface area contributed by atoms with Crippen LogP contribution in [0.1, 0.15) is 35.2 Å². The highest BCUT2D eigenvalue weighted by Crippen LogP contribution is 2.48. The number of nitrogens with one attached hydrogen (secondary N) is 2. The number of para-hydroxylation sites is 2. The van der Waals surface area contributed by atoms with Crippen molar-refractivity contribution in [1.82, 2.24) is 0 Å². The number of carbonyl (C=O) groups excluding carboxylic acids is 2. The van der Waals surface area contributed by atoms with Crippen LogP contribution in [0.15, 0.2) is 95.5 Å². The standard InChI is InChI=1S/C31H25Cl2N3O3S/c1-39-21-11-8-18(9-12-21)30-29-25(15-19(16-27(29)37)28-7-4-14-40-28)35-24-5-2-3-6-26(24)36(30)31(38)34-20-10-13-22(32)23(33)17-20/h2-14,17,19,30,35H,15-16H2,1H3,(H,34,38)/t19-,30+/m0/s1. The van der Waals surface area contributed by atoms with Crippen LogP contribution in [0.3, 0.4) is 0 Å². The number of hydrogen-bond acceptors (Lipinski definition) is 5. The number of methoxy groups -OCH3 is 1. The number of amides is 2. The van der Waals surface area contributed by atoms with Crippen molar-refractivity contribution < 1.29 is 14.3 Å². The van der Waals surface area contributed by atoms with Crippen LogP contribution < -0.4 is 20.3 Å². The highest BCUT2D eigenvalue weighted by Gasteiger charge is 2.42. The fourth-order valence-electron chi connectivity index (χ4n) is 5.40. The number of halogens is 2. The van der Waals surface area contributed by atoms with Crippen molar-refractivity contribution in [3.05, 3.63) is 116 Å². The van der Waals surface area contributed by atoms with E-state index in [-0.39, 0.29) is 11.7 Å². The quantitative estimate of drug-likeness (QED) is 0.250. The summed E-state index contributed by atoms with van der Waals surface area (Å²) >= 11 is 14.0. The van der Waals surface area contributed by atoms with Gasteiger partial charge in [-0.2, -0.15) is 0 Å². The fourth-order valence-corrected chi connectivity index (χ4v) is 6.53. The zero-order chi connectivity index (χ0) is 27.8. The molecule has 0 saturated heterocycles. The number of fused-ring (bicyclic) bond motifs is 1. The number of ether oxygens (including phenoxy) is 1. The van der Waals surface area contributed by atoms with Gasteiger partial charge in [0.2, 0.25) is 0 Å². The van der Waals surface area contributed by atoms with Crippen LogP contribution in [0.5, 0.6) is 5.75 Å². The zero-order valence-electron chi connectivity index (χ0n) is 21.5. The van der Waals surface area contributed by atoms with Crippen molar-refractivity contribution in [2.75, 3.05) is 22.6 Å². The van der Waals surface area contributed by atoms with Gasteiger partial charge in [-0.3, -0.25) is 9.69 Å². The summed E-state index contributed by atoms with van der Waals surface area (Å²) in [6.45, 7) is 0. The molecule has 6 nitrogen and oxygen atoms in total. The Morgan fingerprint density at radius 3 is 2.52 bits per heavy atom. The van der Waals surface area contributed by atoms with Crippen molar-refractivity contribution in [1.29, 1.82) is 0 Å². The van der Waals surface area contributed by atoms with Gasteiger partial charge < -0.3 is 15.4 Å². The van der Waals surface area contributed by atoms with Crippen LogP contribution in [-0.4, -0.2) is 18.9 Å². The maximum Gasteiger partial charge on any atom is 0.327 e. The molecule has 2 aliphatic rings. The number of anilines is 3. The molecule has 0 fully saturated rings. The Balaban J connectivity index is 1.51. The molecular weight excluding hydrogens is 565 g/mol. The summed E-state index contributed by atoms with van der Waals surface area (Å²) in [5, 5.41) is 9.28. The van der Waals surface area contributed by atoms with Gasteiger partial charge >= 0.3 is 6.03 Å². The lowest BCUT2D eigenvalue weighted by atomic mass is 9.80. The molecule has 0 spiro atoms. The Labute approximate surface area is 246 Å². The normalized spacial score (nSPS) is 18.4. The zero-order valence-corrected chi connectivity index (χ0v) is 23.8. The largest absolute Gasteiger partial charge is 0.497 e. The summed E-state index contributed by atoms with van der Waals surface area (Å²) in [6, 6.07) is 23.0. The second kappa shape index (κ2) is 11.0. The first-order valence-electron chi connectivity index (χ1n) is 12.8. The average Bonchev–Trinajstić information content (AvgIpc) is 3.45. The second-order valence-electron chi connectivity index (χ2n) is 9.68. The average molecular weight is 591 g/mol. The maximum absolute atomic E-state index is 14.2. The predicted octanol–water partition coefficient (Wildman–Crippen LogP) is 8.67. The van der Waals surface area contributed by atoms with Crippen LogP contribution in [0.2, 0.25) is 10.0 Å². The predicted molar refractivity (Wildman–Crippen MR) is 162 cm³/mol. The van der Waals surface area contributed by atoms with Gasteiger partial charge in [0.15, 0.2) is 5.78 Å². The third-order valence-electron chi connectivity index (χ3n) is 7.26. The maximum atomic E-state index is 14.2. The van der Waals surface area contributed by atoms with Gasteiger partial charge in [-0.1, -0.05) is 53.5 Å². The van der Waals surface area contributed by atoms with E-state index in [2.05, 4.69) is 16.7 Å². The first-order valence-corrected chi connectivity index (χ1v) is 14.4. The van der Waals surface area contributed by atoms with Gasteiger partial charge in [-0.05, 0) is 65.9 Å². The van der Waals surface area contributed by atoms with Gasteiger partial charge in [0.1, 0.15) is 5.75 Å². The molecule has 1 aromatic heterocycles. The number of nitrogens with zero attached hydrogens (tertiary/aromatic N) is 1. The Bertz CT molecular complexity index is 1620. The molecule has 6 rings (SSSR count). The Kier molecular flexibility index (Phi) is 7.27. The third-order valence-corrected chi connectivity index (χ3v) is 9.03. The molecule has 1 aliphatic carbocycles. The lowest BCUT2D eigenvalue weighted by Crippen LogP contribution is -2.41. The number of allylic oxidation sites excluding steroid dienone is 1. The molecule has 2 N–H and O–H groups in total. The van der Waals surface area contributed by atoms with Crippen LogP contribution in [-0.2, 0) is 4.79 Å². The molecule has 2 amide bonds. The monoisotopic (exact) mass is 589 g/mol.